The van der Waals surface area contributed by atoms with Gasteiger partial charge in [0.15, 0.2) is 0 Å². The summed E-state index contributed by atoms with van der Waals surface area (Å²) in [6.45, 7) is 5.59. The summed E-state index contributed by atoms with van der Waals surface area (Å²) >= 11 is 0. The van der Waals surface area contributed by atoms with E-state index in [1.54, 1.807) is 16.4 Å². The van der Waals surface area contributed by atoms with Crippen LogP contribution in [0.15, 0.2) is 71.6 Å². The summed E-state index contributed by atoms with van der Waals surface area (Å²) in [7, 11) is -3.45. The Labute approximate surface area is 199 Å². The second-order valence-electron chi connectivity index (χ2n) is 7.97. The molecule has 8 nitrogen and oxygen atoms in total. The van der Waals surface area contributed by atoms with Gasteiger partial charge in [-0.05, 0) is 40.5 Å². The maximum Gasteiger partial charge on any atom is 0.414 e. The van der Waals surface area contributed by atoms with Crippen molar-refractivity contribution in [1.29, 1.82) is 0 Å². The smallest absolute Gasteiger partial charge is 0.414 e. The first-order valence-corrected chi connectivity index (χ1v) is 12.4. The fourth-order valence-electron chi connectivity index (χ4n) is 3.74. The van der Waals surface area contributed by atoms with Gasteiger partial charge in [-0.25, -0.2) is 18.0 Å². The third-order valence-electron chi connectivity index (χ3n) is 5.71. The minimum Gasteiger partial charge on any atom is -0.473 e. The number of aryl methyl sites for hydroxylation is 1. The molecule has 1 fully saturated rings. The minimum atomic E-state index is -3.45. The molecule has 1 heterocycles. The zero-order chi connectivity index (χ0) is 24.7. The van der Waals surface area contributed by atoms with Crippen molar-refractivity contribution in [2.24, 2.45) is 0 Å². The van der Waals surface area contributed by atoms with Gasteiger partial charge in [0.1, 0.15) is 0 Å². The molecule has 0 unspecified atom stereocenters. The lowest BCUT2D eigenvalue weighted by atomic mass is 10.1. The van der Waals surface area contributed by atoms with Crippen molar-refractivity contribution in [1.82, 2.24) is 9.21 Å². The van der Waals surface area contributed by atoms with Gasteiger partial charge < -0.3 is 10.2 Å². The molecule has 0 spiro atoms. The number of benzene rings is 3. The first kappa shape index (κ1) is 25.4. The molecule has 2 N–H and O–H groups in total. The van der Waals surface area contributed by atoms with Gasteiger partial charge >= 0.3 is 11.9 Å². The summed E-state index contributed by atoms with van der Waals surface area (Å²) < 4.78 is 27.8. The zero-order valence-electron chi connectivity index (χ0n) is 18.9. The molecule has 0 saturated carbocycles. The van der Waals surface area contributed by atoms with Gasteiger partial charge in [-0.2, -0.15) is 4.31 Å². The predicted molar refractivity (Wildman–Crippen MR) is 129 cm³/mol. The van der Waals surface area contributed by atoms with Gasteiger partial charge in [0.05, 0.1) is 4.90 Å². The molecule has 0 radical (unpaired) electrons. The van der Waals surface area contributed by atoms with Crippen LogP contribution in [-0.2, 0) is 32.6 Å². The molecule has 0 amide bonds. The highest BCUT2D eigenvalue weighted by Crippen LogP contribution is 2.23. The number of hydrogen-bond acceptors (Lipinski definition) is 5. The van der Waals surface area contributed by atoms with E-state index < -0.39 is 22.0 Å². The Morgan fingerprint density at radius 1 is 0.794 bits per heavy atom. The molecule has 180 valence electrons. The molecule has 1 saturated heterocycles. The summed E-state index contributed by atoms with van der Waals surface area (Å²) in [6, 6.07) is 22.0. The summed E-state index contributed by atoms with van der Waals surface area (Å²) in [5.74, 6) is -3.65. The van der Waals surface area contributed by atoms with Gasteiger partial charge in [-0.3, -0.25) is 4.90 Å². The number of carboxylic acid groups (broad SMARTS) is 2. The Morgan fingerprint density at radius 2 is 1.35 bits per heavy atom. The number of sulfonamides is 1. The van der Waals surface area contributed by atoms with Crippen molar-refractivity contribution >= 4 is 32.7 Å². The predicted octanol–water partition coefficient (Wildman–Crippen LogP) is 3.06. The topological polar surface area (TPSA) is 115 Å². The van der Waals surface area contributed by atoms with Gasteiger partial charge in [0.2, 0.25) is 10.0 Å². The van der Waals surface area contributed by atoms with E-state index in [2.05, 4.69) is 36.1 Å². The van der Waals surface area contributed by atoms with Gasteiger partial charge in [-0.15, -0.1) is 0 Å². The largest absolute Gasteiger partial charge is 0.473 e. The van der Waals surface area contributed by atoms with E-state index in [0.29, 0.717) is 18.0 Å². The second-order valence-corrected chi connectivity index (χ2v) is 9.91. The Hall–Kier alpha value is -3.27. The van der Waals surface area contributed by atoms with Crippen LogP contribution in [0.2, 0.25) is 0 Å². The lowest BCUT2D eigenvalue weighted by Gasteiger charge is -2.34. The van der Waals surface area contributed by atoms with Crippen molar-refractivity contribution in [2.75, 3.05) is 26.2 Å². The van der Waals surface area contributed by atoms with E-state index in [1.807, 2.05) is 30.3 Å². The zero-order valence-corrected chi connectivity index (χ0v) is 19.7. The Bertz CT molecular complexity index is 1240. The summed E-state index contributed by atoms with van der Waals surface area (Å²) in [5.41, 5.74) is 2.62. The molecule has 1 aliphatic rings. The highest BCUT2D eigenvalue weighted by atomic mass is 32.2. The van der Waals surface area contributed by atoms with Crippen molar-refractivity contribution in [3.8, 4) is 0 Å². The van der Waals surface area contributed by atoms with E-state index >= 15 is 0 Å². The van der Waals surface area contributed by atoms with E-state index in [0.717, 1.165) is 36.8 Å². The van der Waals surface area contributed by atoms with Crippen LogP contribution in [0.5, 0.6) is 0 Å². The molecule has 3 aromatic carbocycles. The molecule has 0 aromatic heterocycles. The van der Waals surface area contributed by atoms with Crippen LogP contribution < -0.4 is 0 Å². The summed E-state index contributed by atoms with van der Waals surface area (Å²) in [5, 5.41) is 16.8. The second kappa shape index (κ2) is 11.2. The van der Waals surface area contributed by atoms with E-state index in [-0.39, 0.29) is 0 Å². The van der Waals surface area contributed by atoms with E-state index in [1.165, 1.54) is 11.1 Å². The highest BCUT2D eigenvalue weighted by Gasteiger charge is 2.28. The first-order valence-electron chi connectivity index (χ1n) is 11.0. The molecule has 9 heteroatoms. The Balaban J connectivity index is 0.000000481. The molecular weight excluding hydrogens is 456 g/mol. The Morgan fingerprint density at radius 3 is 1.91 bits per heavy atom. The van der Waals surface area contributed by atoms with Crippen LogP contribution in [-0.4, -0.2) is 66.0 Å². The minimum absolute atomic E-state index is 0.384. The molecule has 0 atom stereocenters. The number of fused-ring (bicyclic) bond motifs is 1. The highest BCUT2D eigenvalue weighted by molar-refractivity contribution is 7.89. The molecule has 4 rings (SSSR count). The quantitative estimate of drug-likeness (QED) is 0.535. The van der Waals surface area contributed by atoms with E-state index in [9.17, 15) is 8.42 Å². The number of carboxylic acids is 2. The van der Waals surface area contributed by atoms with Crippen LogP contribution in [0.25, 0.3) is 10.8 Å². The van der Waals surface area contributed by atoms with E-state index in [4.69, 9.17) is 19.8 Å². The van der Waals surface area contributed by atoms with Crippen LogP contribution in [0.1, 0.15) is 18.1 Å². The normalized spacial score (nSPS) is 14.9. The molecule has 0 aliphatic carbocycles. The lowest BCUT2D eigenvalue weighted by Crippen LogP contribution is -2.48. The van der Waals surface area contributed by atoms with Gasteiger partial charge in [-0.1, -0.05) is 61.5 Å². The lowest BCUT2D eigenvalue weighted by molar-refractivity contribution is -0.159. The monoisotopic (exact) mass is 484 g/mol. The molecule has 0 bridgehead atoms. The number of piperazine rings is 1. The number of nitrogens with zero attached hydrogens (tertiary/aromatic N) is 2. The van der Waals surface area contributed by atoms with Crippen molar-refractivity contribution in [2.45, 2.75) is 24.8 Å². The van der Waals surface area contributed by atoms with Crippen LogP contribution in [0.4, 0.5) is 0 Å². The average molecular weight is 485 g/mol. The number of hydrogen-bond donors (Lipinski definition) is 2. The first-order chi connectivity index (χ1) is 16.2. The standard InChI is InChI=1S/C23H26N2O2S.C2H2O4/c1-2-19-7-9-20(10-8-19)18-24-13-15-25(16-14-24)28(26,27)23-12-11-21-5-3-4-6-22(21)17-23;3-1(4)2(5)6/h3-12,17H,2,13-16,18H2,1H3;(H,3,4)(H,5,6). The summed E-state index contributed by atoms with van der Waals surface area (Å²) in [6.07, 6.45) is 1.05. The van der Waals surface area contributed by atoms with Crippen LogP contribution >= 0.6 is 0 Å². The molecular formula is C25H28N2O6S. The number of carbonyl (C=O) groups is 2. The SMILES string of the molecule is CCc1ccc(CN2CCN(S(=O)(=O)c3ccc4ccccc4c3)CC2)cc1.O=C(O)C(=O)O. The summed E-state index contributed by atoms with van der Waals surface area (Å²) in [4.78, 5) is 20.9. The Kier molecular flexibility index (Phi) is 8.38. The third kappa shape index (κ3) is 6.40. The fourth-order valence-corrected chi connectivity index (χ4v) is 5.20. The number of aliphatic carboxylic acids is 2. The van der Waals surface area contributed by atoms with Crippen molar-refractivity contribution < 1.29 is 28.2 Å². The van der Waals surface area contributed by atoms with Crippen molar-refractivity contribution in [3.63, 3.8) is 0 Å². The fraction of sp³-hybridized carbons (Fsp3) is 0.280. The number of rotatable bonds is 5. The maximum absolute atomic E-state index is 13.1. The average Bonchev–Trinajstić information content (AvgIpc) is 2.85. The van der Waals surface area contributed by atoms with Crippen LogP contribution in [0.3, 0.4) is 0 Å². The molecule has 34 heavy (non-hydrogen) atoms. The molecule has 1 aliphatic heterocycles. The van der Waals surface area contributed by atoms with Crippen LogP contribution in [0, 0.1) is 0 Å². The molecule has 3 aromatic rings. The van der Waals surface area contributed by atoms with Gasteiger partial charge in [0.25, 0.3) is 0 Å². The maximum atomic E-state index is 13.1. The van der Waals surface area contributed by atoms with Crippen molar-refractivity contribution in [3.05, 3.63) is 77.9 Å². The third-order valence-corrected chi connectivity index (χ3v) is 7.60. The van der Waals surface area contributed by atoms with Gasteiger partial charge in [0, 0.05) is 32.7 Å².